The first kappa shape index (κ1) is 21.6. The number of hydrogen-bond acceptors (Lipinski definition) is 4. The molecule has 2 N–H and O–H groups in total. The molecule has 2 aromatic carbocycles. The van der Waals surface area contributed by atoms with E-state index in [1.165, 1.54) is 18.6 Å². The summed E-state index contributed by atoms with van der Waals surface area (Å²) in [6.07, 6.45) is 3.20. The van der Waals surface area contributed by atoms with Crippen molar-refractivity contribution < 1.29 is 13.2 Å². The van der Waals surface area contributed by atoms with E-state index < -0.39 is 10.0 Å². The van der Waals surface area contributed by atoms with Crippen molar-refractivity contribution in [2.45, 2.75) is 43.2 Å². The third kappa shape index (κ3) is 4.91. The van der Waals surface area contributed by atoms with Crippen molar-refractivity contribution in [2.24, 2.45) is 0 Å². The van der Waals surface area contributed by atoms with E-state index >= 15 is 0 Å². The van der Waals surface area contributed by atoms with Crippen LogP contribution in [0.2, 0.25) is 0 Å². The van der Waals surface area contributed by atoms with Crippen molar-refractivity contribution in [3.05, 3.63) is 59.7 Å². The second kappa shape index (κ2) is 8.73. The number of sulfonamides is 1. The van der Waals surface area contributed by atoms with Gasteiger partial charge in [-0.05, 0) is 62.1 Å². The Kier molecular flexibility index (Phi) is 6.51. The molecule has 0 spiro atoms. The van der Waals surface area contributed by atoms with Crippen molar-refractivity contribution in [1.29, 1.82) is 0 Å². The molecule has 156 valence electrons. The molecule has 2 saturated heterocycles. The number of amides is 1. The Morgan fingerprint density at radius 2 is 1.83 bits per heavy atom. The first-order chi connectivity index (χ1) is 13.4. The largest absolute Gasteiger partial charge is 0.337 e. The van der Waals surface area contributed by atoms with E-state index in [4.69, 9.17) is 0 Å². The topological polar surface area (TPSA) is 78.5 Å². The van der Waals surface area contributed by atoms with Crippen molar-refractivity contribution >= 4 is 34.0 Å². The number of benzene rings is 2. The highest BCUT2D eigenvalue weighted by atomic mass is 35.5. The highest BCUT2D eigenvalue weighted by Crippen LogP contribution is 2.23. The third-order valence-corrected chi connectivity index (χ3v) is 6.85. The highest BCUT2D eigenvalue weighted by molar-refractivity contribution is 7.92. The van der Waals surface area contributed by atoms with Crippen LogP contribution in [0.4, 0.5) is 5.69 Å². The second-order valence-electron chi connectivity index (χ2n) is 7.68. The van der Waals surface area contributed by atoms with Gasteiger partial charge in [0.1, 0.15) is 0 Å². The lowest BCUT2D eigenvalue weighted by molar-refractivity contribution is 0.0748. The lowest BCUT2D eigenvalue weighted by Gasteiger charge is -2.24. The number of nitrogens with one attached hydrogen (secondary N) is 2. The predicted octanol–water partition coefficient (Wildman–Crippen LogP) is 3.18. The van der Waals surface area contributed by atoms with Crippen LogP contribution in [0, 0.1) is 6.92 Å². The van der Waals surface area contributed by atoms with E-state index in [2.05, 4.69) is 10.0 Å². The maximum atomic E-state index is 13.0. The monoisotopic (exact) mass is 435 g/mol. The standard InChI is InChI=1S/C21H25N3O3S.ClH/c1-15-4-2-6-18(12-15)23-28(26,27)20-7-3-5-16(13-20)21(25)24-11-10-17-8-9-19(14-24)22-17;/h2-7,12-13,17,19,22-23H,8-11,14H2,1H3;1H. The minimum Gasteiger partial charge on any atom is -0.337 e. The van der Waals surface area contributed by atoms with Crippen LogP contribution < -0.4 is 10.0 Å². The van der Waals surface area contributed by atoms with Crippen LogP contribution in [0.5, 0.6) is 0 Å². The Morgan fingerprint density at radius 1 is 1.07 bits per heavy atom. The molecular weight excluding hydrogens is 410 g/mol. The summed E-state index contributed by atoms with van der Waals surface area (Å²) in [5.41, 5.74) is 1.88. The van der Waals surface area contributed by atoms with Crippen LogP contribution in [-0.4, -0.2) is 44.4 Å². The Balaban J connectivity index is 0.00000240. The Hall–Kier alpha value is -2.09. The number of nitrogens with zero attached hydrogens (tertiary/aromatic N) is 1. The number of rotatable bonds is 4. The number of hydrogen-bond donors (Lipinski definition) is 2. The first-order valence-electron chi connectivity index (χ1n) is 9.65. The molecule has 2 atom stereocenters. The van der Waals surface area contributed by atoms with Crippen LogP contribution in [0.25, 0.3) is 0 Å². The summed E-state index contributed by atoms with van der Waals surface area (Å²) >= 11 is 0. The molecule has 29 heavy (non-hydrogen) atoms. The van der Waals surface area contributed by atoms with Gasteiger partial charge in [0.15, 0.2) is 0 Å². The van der Waals surface area contributed by atoms with Gasteiger partial charge in [-0.1, -0.05) is 18.2 Å². The van der Waals surface area contributed by atoms with Crippen molar-refractivity contribution in [3.63, 3.8) is 0 Å². The number of anilines is 1. The third-order valence-electron chi connectivity index (χ3n) is 5.47. The molecule has 0 saturated carbocycles. The number of carbonyl (C=O) groups excluding carboxylic acids is 1. The molecule has 6 nitrogen and oxygen atoms in total. The van der Waals surface area contributed by atoms with Crippen LogP contribution in [0.1, 0.15) is 35.2 Å². The summed E-state index contributed by atoms with van der Waals surface area (Å²) < 4.78 is 28.1. The van der Waals surface area contributed by atoms with Crippen molar-refractivity contribution in [3.8, 4) is 0 Å². The normalized spacial score (nSPS) is 21.2. The van der Waals surface area contributed by atoms with Gasteiger partial charge in [-0.3, -0.25) is 9.52 Å². The van der Waals surface area contributed by atoms with Gasteiger partial charge in [0, 0.05) is 36.4 Å². The number of halogens is 1. The zero-order valence-corrected chi connectivity index (χ0v) is 17.9. The molecule has 2 aromatic rings. The van der Waals surface area contributed by atoms with Gasteiger partial charge in [0.2, 0.25) is 0 Å². The summed E-state index contributed by atoms with van der Waals surface area (Å²) in [7, 11) is -3.77. The Bertz CT molecular complexity index is 996. The van der Waals surface area contributed by atoms with Crippen LogP contribution >= 0.6 is 12.4 Å². The van der Waals surface area contributed by atoms with Gasteiger partial charge in [-0.15, -0.1) is 12.4 Å². The smallest absolute Gasteiger partial charge is 0.261 e. The van der Waals surface area contributed by atoms with Crippen molar-refractivity contribution in [2.75, 3.05) is 17.8 Å². The molecule has 0 aliphatic carbocycles. The molecule has 0 aromatic heterocycles. The average Bonchev–Trinajstić information content (AvgIpc) is 3.00. The number of carbonyl (C=O) groups is 1. The number of aryl methyl sites for hydroxylation is 1. The molecule has 8 heteroatoms. The summed E-state index contributed by atoms with van der Waals surface area (Å²) in [5.74, 6) is -0.109. The maximum absolute atomic E-state index is 13.0. The van der Waals surface area contributed by atoms with Crippen LogP contribution in [0.3, 0.4) is 0 Å². The first-order valence-corrected chi connectivity index (χ1v) is 11.1. The van der Waals surface area contributed by atoms with Gasteiger partial charge in [-0.2, -0.15) is 0 Å². The molecule has 2 aliphatic heterocycles. The van der Waals surface area contributed by atoms with Gasteiger partial charge >= 0.3 is 0 Å². The lowest BCUT2D eigenvalue weighted by atomic mass is 10.1. The fourth-order valence-electron chi connectivity index (χ4n) is 4.03. The van der Waals surface area contributed by atoms with E-state index in [0.29, 0.717) is 36.4 Å². The zero-order chi connectivity index (χ0) is 19.7. The minimum atomic E-state index is -3.77. The lowest BCUT2D eigenvalue weighted by Crippen LogP contribution is -2.39. The maximum Gasteiger partial charge on any atom is 0.261 e. The molecule has 4 rings (SSSR count). The minimum absolute atomic E-state index is 0. The van der Waals surface area contributed by atoms with Gasteiger partial charge in [-0.25, -0.2) is 8.42 Å². The summed E-state index contributed by atoms with van der Waals surface area (Å²) in [5, 5.41) is 3.56. The van der Waals surface area contributed by atoms with Gasteiger partial charge in [0.05, 0.1) is 4.90 Å². The summed E-state index contributed by atoms with van der Waals surface area (Å²) in [6.45, 7) is 3.28. The molecule has 2 aliphatic rings. The second-order valence-corrected chi connectivity index (χ2v) is 9.36. The zero-order valence-electron chi connectivity index (χ0n) is 16.3. The van der Waals surface area contributed by atoms with E-state index in [0.717, 1.165) is 18.4 Å². The van der Waals surface area contributed by atoms with Crippen LogP contribution in [-0.2, 0) is 10.0 Å². The average molecular weight is 436 g/mol. The number of fused-ring (bicyclic) bond motifs is 2. The molecule has 2 bridgehead atoms. The van der Waals surface area contributed by atoms with Gasteiger partial charge < -0.3 is 10.2 Å². The fraction of sp³-hybridized carbons (Fsp3) is 0.381. The predicted molar refractivity (Wildman–Crippen MR) is 116 cm³/mol. The molecule has 2 unspecified atom stereocenters. The van der Waals surface area contributed by atoms with E-state index in [1.54, 1.807) is 30.3 Å². The quantitative estimate of drug-likeness (QED) is 0.773. The Labute approximate surface area is 178 Å². The summed E-state index contributed by atoms with van der Waals surface area (Å²) in [6, 6.07) is 14.3. The van der Waals surface area contributed by atoms with Gasteiger partial charge in [0.25, 0.3) is 15.9 Å². The number of likely N-dealkylation sites (tertiary alicyclic amines) is 1. The molecule has 2 fully saturated rings. The van der Waals surface area contributed by atoms with Crippen molar-refractivity contribution in [1.82, 2.24) is 10.2 Å². The highest BCUT2D eigenvalue weighted by Gasteiger charge is 2.31. The SMILES string of the molecule is Cc1cccc(NS(=O)(=O)c2cccc(C(=O)N3CCC4CCC(C3)N4)c2)c1.Cl. The molecular formula is C21H26ClN3O3S. The summed E-state index contributed by atoms with van der Waals surface area (Å²) in [4.78, 5) is 14.9. The van der Waals surface area contributed by atoms with E-state index in [-0.39, 0.29) is 23.2 Å². The van der Waals surface area contributed by atoms with E-state index in [1.807, 2.05) is 17.9 Å². The molecule has 0 radical (unpaired) electrons. The Morgan fingerprint density at radius 3 is 2.62 bits per heavy atom. The van der Waals surface area contributed by atoms with Crippen LogP contribution in [0.15, 0.2) is 53.4 Å². The molecule has 2 heterocycles. The molecule has 1 amide bonds. The fourth-order valence-corrected chi connectivity index (χ4v) is 5.12. The van der Waals surface area contributed by atoms with E-state index in [9.17, 15) is 13.2 Å².